The molecule has 0 N–H and O–H groups in total. The number of anilines is 1. The van der Waals surface area contributed by atoms with Gasteiger partial charge in [-0.1, -0.05) is 0 Å². The van der Waals surface area contributed by atoms with Crippen LogP contribution in [-0.4, -0.2) is 24.2 Å². The van der Waals surface area contributed by atoms with Crippen molar-refractivity contribution in [2.45, 2.75) is 19.0 Å². The lowest BCUT2D eigenvalue weighted by atomic mass is 9.97. The highest BCUT2D eigenvalue weighted by molar-refractivity contribution is 9.10. The number of halogens is 5. The summed E-state index contributed by atoms with van der Waals surface area (Å²) in [6, 6.07) is 1.88. The van der Waals surface area contributed by atoms with Gasteiger partial charge in [0.1, 0.15) is 11.5 Å². The first kappa shape index (κ1) is 16.0. The molecule has 0 aliphatic carbocycles. The summed E-state index contributed by atoms with van der Waals surface area (Å²) in [7, 11) is 0. The van der Waals surface area contributed by atoms with Gasteiger partial charge in [0.2, 0.25) is 0 Å². The Kier molecular flexibility index (Phi) is 4.40. The molecular weight excluding hydrogens is 360 g/mol. The summed E-state index contributed by atoms with van der Waals surface area (Å²) in [6.07, 6.45) is -4.07. The predicted molar refractivity (Wildman–Crippen MR) is 71.7 cm³/mol. The lowest BCUT2D eigenvalue weighted by Gasteiger charge is -2.35. The molecule has 0 radical (unpaired) electrons. The molecule has 9 heteroatoms. The number of hydrogen-bond acceptors (Lipinski definition) is 3. The van der Waals surface area contributed by atoms with Gasteiger partial charge in [-0.05, 0) is 34.8 Å². The lowest BCUT2D eigenvalue weighted by Crippen LogP contribution is -2.42. The van der Waals surface area contributed by atoms with Crippen LogP contribution in [0.4, 0.5) is 28.9 Å². The van der Waals surface area contributed by atoms with Gasteiger partial charge in [0.25, 0.3) is 5.69 Å². The summed E-state index contributed by atoms with van der Waals surface area (Å²) in [6.45, 7) is -0.0894. The number of benzene rings is 1. The van der Waals surface area contributed by atoms with Crippen LogP contribution >= 0.6 is 15.9 Å². The molecular formula is C12H11BrF4N2O2. The molecule has 1 aromatic carbocycles. The van der Waals surface area contributed by atoms with Crippen LogP contribution in [0.2, 0.25) is 0 Å². The Balaban J connectivity index is 2.37. The molecule has 2 rings (SSSR count). The van der Waals surface area contributed by atoms with Crippen molar-refractivity contribution in [2.24, 2.45) is 5.92 Å². The van der Waals surface area contributed by atoms with Crippen LogP contribution in [-0.2, 0) is 0 Å². The molecule has 1 fully saturated rings. The minimum atomic E-state index is -4.34. The Labute approximate surface area is 126 Å². The van der Waals surface area contributed by atoms with Crippen molar-refractivity contribution < 1.29 is 22.5 Å². The van der Waals surface area contributed by atoms with Crippen LogP contribution in [0.15, 0.2) is 16.6 Å². The largest absolute Gasteiger partial charge is 0.393 e. The van der Waals surface area contributed by atoms with E-state index >= 15 is 0 Å². The zero-order chi connectivity index (χ0) is 15.8. The smallest absolute Gasteiger partial charge is 0.365 e. The standard InChI is InChI=1S/C12H11BrF4N2O2/c13-8-4-10(11(19(20)21)5-9(8)14)18-3-1-2-7(6-18)12(15,16)17/h4-5,7H,1-3,6H2. The van der Waals surface area contributed by atoms with Crippen molar-refractivity contribution in [3.05, 3.63) is 32.5 Å². The molecule has 0 amide bonds. The molecule has 1 aliphatic heterocycles. The molecule has 0 saturated carbocycles. The van der Waals surface area contributed by atoms with E-state index in [1.165, 1.54) is 4.90 Å². The van der Waals surface area contributed by atoms with E-state index in [4.69, 9.17) is 0 Å². The summed E-state index contributed by atoms with van der Waals surface area (Å²) >= 11 is 2.90. The topological polar surface area (TPSA) is 46.4 Å². The van der Waals surface area contributed by atoms with Crippen molar-refractivity contribution >= 4 is 27.3 Å². The highest BCUT2D eigenvalue weighted by Crippen LogP contribution is 2.39. The number of hydrogen-bond donors (Lipinski definition) is 0. The van der Waals surface area contributed by atoms with Crippen molar-refractivity contribution in [3.63, 3.8) is 0 Å². The molecule has 1 aliphatic rings. The van der Waals surface area contributed by atoms with Crippen LogP contribution in [0.25, 0.3) is 0 Å². The minimum absolute atomic E-state index is 0.00206. The van der Waals surface area contributed by atoms with E-state index in [9.17, 15) is 27.7 Å². The van der Waals surface area contributed by atoms with Crippen LogP contribution < -0.4 is 4.90 Å². The van der Waals surface area contributed by atoms with E-state index in [2.05, 4.69) is 15.9 Å². The maximum Gasteiger partial charge on any atom is 0.393 e. The van der Waals surface area contributed by atoms with Crippen LogP contribution in [0.5, 0.6) is 0 Å². The monoisotopic (exact) mass is 370 g/mol. The molecule has 21 heavy (non-hydrogen) atoms. The first-order valence-electron chi connectivity index (χ1n) is 6.15. The summed E-state index contributed by atoms with van der Waals surface area (Å²) in [4.78, 5) is 11.5. The number of nitrogens with zero attached hydrogens (tertiary/aromatic N) is 2. The zero-order valence-electron chi connectivity index (χ0n) is 10.7. The average Bonchev–Trinajstić information content (AvgIpc) is 2.40. The Morgan fingerprint density at radius 1 is 1.38 bits per heavy atom. The van der Waals surface area contributed by atoms with E-state index in [1.807, 2.05) is 0 Å². The van der Waals surface area contributed by atoms with Crippen LogP contribution in [0, 0.1) is 21.8 Å². The van der Waals surface area contributed by atoms with Crippen molar-refractivity contribution in [1.29, 1.82) is 0 Å². The first-order chi connectivity index (χ1) is 9.70. The fourth-order valence-corrected chi connectivity index (χ4v) is 2.72. The van der Waals surface area contributed by atoms with Crippen molar-refractivity contribution in [2.75, 3.05) is 18.0 Å². The highest BCUT2D eigenvalue weighted by atomic mass is 79.9. The third-order valence-electron chi connectivity index (χ3n) is 3.44. The van der Waals surface area contributed by atoms with Gasteiger partial charge < -0.3 is 4.90 Å². The Bertz CT molecular complexity index is 565. The molecule has 1 heterocycles. The quantitative estimate of drug-likeness (QED) is 0.443. The van der Waals surface area contributed by atoms with Gasteiger partial charge >= 0.3 is 6.18 Å². The van der Waals surface area contributed by atoms with Crippen LogP contribution in [0.3, 0.4) is 0 Å². The Morgan fingerprint density at radius 3 is 2.62 bits per heavy atom. The summed E-state index contributed by atoms with van der Waals surface area (Å²) < 4.78 is 51.8. The lowest BCUT2D eigenvalue weighted by molar-refractivity contribution is -0.384. The number of nitro groups is 1. The molecule has 116 valence electrons. The second-order valence-corrected chi connectivity index (χ2v) is 5.69. The number of piperidine rings is 1. The van der Waals surface area contributed by atoms with E-state index in [0.29, 0.717) is 0 Å². The van der Waals surface area contributed by atoms with Gasteiger partial charge in [0.05, 0.1) is 21.4 Å². The zero-order valence-corrected chi connectivity index (χ0v) is 12.2. The molecule has 0 bridgehead atoms. The molecule has 4 nitrogen and oxygen atoms in total. The second-order valence-electron chi connectivity index (χ2n) is 4.84. The van der Waals surface area contributed by atoms with Gasteiger partial charge in [-0.25, -0.2) is 4.39 Å². The Morgan fingerprint density at radius 2 is 2.05 bits per heavy atom. The third kappa shape index (κ3) is 3.45. The van der Waals surface area contributed by atoms with Crippen molar-refractivity contribution in [3.8, 4) is 0 Å². The van der Waals surface area contributed by atoms with E-state index in [0.717, 1.165) is 12.1 Å². The fourth-order valence-electron chi connectivity index (χ4n) is 2.39. The van der Waals surface area contributed by atoms with Gasteiger partial charge in [-0.15, -0.1) is 0 Å². The first-order valence-corrected chi connectivity index (χ1v) is 6.94. The molecule has 1 unspecified atom stereocenters. The maximum atomic E-state index is 13.4. The molecule has 1 saturated heterocycles. The van der Waals surface area contributed by atoms with Gasteiger partial charge in [0.15, 0.2) is 0 Å². The third-order valence-corrected chi connectivity index (χ3v) is 4.05. The molecule has 0 aromatic heterocycles. The molecule has 0 spiro atoms. The Hall–Kier alpha value is -1.38. The second kappa shape index (κ2) is 5.78. The van der Waals surface area contributed by atoms with Gasteiger partial charge in [0, 0.05) is 13.1 Å². The van der Waals surface area contributed by atoms with Crippen LogP contribution in [0.1, 0.15) is 12.8 Å². The average molecular weight is 371 g/mol. The van der Waals surface area contributed by atoms with Gasteiger partial charge in [-0.2, -0.15) is 13.2 Å². The molecule has 1 atom stereocenters. The predicted octanol–water partition coefficient (Wildman–Crippen LogP) is 4.28. The van der Waals surface area contributed by atoms with E-state index in [-0.39, 0.29) is 36.1 Å². The minimum Gasteiger partial charge on any atom is -0.365 e. The summed E-state index contributed by atoms with van der Waals surface area (Å²) in [5.74, 6) is -2.36. The highest BCUT2D eigenvalue weighted by Gasteiger charge is 2.42. The molecule has 1 aromatic rings. The summed E-state index contributed by atoms with van der Waals surface area (Å²) in [5.41, 5.74) is -0.527. The summed E-state index contributed by atoms with van der Waals surface area (Å²) in [5, 5.41) is 11.0. The normalized spacial score (nSPS) is 19.7. The van der Waals surface area contributed by atoms with E-state index in [1.54, 1.807) is 0 Å². The maximum absolute atomic E-state index is 13.4. The number of rotatable bonds is 2. The SMILES string of the molecule is O=[N+]([O-])c1cc(F)c(Br)cc1N1CCCC(C(F)(F)F)C1. The number of alkyl halides is 3. The van der Waals surface area contributed by atoms with Gasteiger partial charge in [-0.3, -0.25) is 10.1 Å². The van der Waals surface area contributed by atoms with Crippen molar-refractivity contribution in [1.82, 2.24) is 0 Å². The van der Waals surface area contributed by atoms with E-state index < -0.39 is 28.5 Å². The number of nitro benzene ring substituents is 1. The fraction of sp³-hybridized carbons (Fsp3) is 0.500.